The standard InChI is InChI=1S/C19H18ClF2NO2.C4H10O.C2H2.CH4O/c1-5-7-13(6-2)18(17(8-9-24)23(4)12(3)25)14-10-15(21)19(20)16(22)11-14;1-4(2,3)5;2*1-2/h5-7,9-11H,1-2,8H2,3-4H3;5H,1-3H3;1-2H;2H,1H3/b13-7+,18-17+;;;. The lowest BCUT2D eigenvalue weighted by Crippen LogP contribution is -2.25. The van der Waals surface area contributed by atoms with Crippen molar-refractivity contribution in [2.75, 3.05) is 14.2 Å². The Kier molecular flexibility index (Phi) is 19.2. The van der Waals surface area contributed by atoms with Gasteiger partial charge in [0.15, 0.2) is 0 Å². The van der Waals surface area contributed by atoms with Gasteiger partial charge in [0.25, 0.3) is 0 Å². The molecule has 0 saturated carbocycles. The molecule has 0 aliphatic carbocycles. The summed E-state index contributed by atoms with van der Waals surface area (Å²) < 4.78 is 27.9. The van der Waals surface area contributed by atoms with Gasteiger partial charge >= 0.3 is 0 Å². The Balaban J connectivity index is -0.000000923. The van der Waals surface area contributed by atoms with Gasteiger partial charge in [-0.1, -0.05) is 43.0 Å². The molecular formula is C26H34ClF2NO4. The molecule has 0 spiro atoms. The smallest absolute Gasteiger partial charge is 0.223 e. The summed E-state index contributed by atoms with van der Waals surface area (Å²) in [5.74, 6) is -2.24. The molecule has 0 bridgehead atoms. The average Bonchev–Trinajstić information content (AvgIpc) is 2.77. The van der Waals surface area contributed by atoms with E-state index in [1.165, 1.54) is 31.0 Å². The highest BCUT2D eigenvalue weighted by Crippen LogP contribution is 2.33. The molecule has 0 aliphatic rings. The van der Waals surface area contributed by atoms with E-state index in [4.69, 9.17) is 21.8 Å². The maximum Gasteiger partial charge on any atom is 0.223 e. The molecule has 1 amide bonds. The highest BCUT2D eigenvalue weighted by molar-refractivity contribution is 6.30. The van der Waals surface area contributed by atoms with Crippen LogP contribution >= 0.6 is 11.6 Å². The number of carbonyl (C=O) groups is 2. The van der Waals surface area contributed by atoms with E-state index in [2.05, 4.69) is 26.0 Å². The second-order valence-corrected chi connectivity index (χ2v) is 7.64. The molecular weight excluding hydrogens is 464 g/mol. The van der Waals surface area contributed by atoms with Crippen LogP contribution in [-0.2, 0) is 9.59 Å². The van der Waals surface area contributed by atoms with Crippen LogP contribution in [-0.4, -0.2) is 47.1 Å². The third kappa shape index (κ3) is 13.5. The van der Waals surface area contributed by atoms with Crippen LogP contribution in [0, 0.1) is 24.5 Å². The van der Waals surface area contributed by atoms with Crippen molar-refractivity contribution in [2.45, 2.75) is 39.7 Å². The third-order valence-electron chi connectivity index (χ3n) is 3.52. The van der Waals surface area contributed by atoms with Crippen LogP contribution < -0.4 is 0 Å². The highest BCUT2D eigenvalue weighted by Gasteiger charge is 2.20. The largest absolute Gasteiger partial charge is 0.400 e. The molecule has 0 aliphatic heterocycles. The molecule has 8 heteroatoms. The number of amides is 1. The summed E-state index contributed by atoms with van der Waals surface area (Å²) in [7, 11) is 2.47. The summed E-state index contributed by atoms with van der Waals surface area (Å²) in [6, 6.07) is 2.08. The molecule has 0 fully saturated rings. The molecule has 1 aromatic rings. The summed E-state index contributed by atoms with van der Waals surface area (Å²) in [5.41, 5.74) is 0.629. The number of nitrogens with zero attached hydrogens (tertiary/aromatic N) is 1. The maximum atomic E-state index is 14.0. The Morgan fingerprint density at radius 3 is 1.88 bits per heavy atom. The lowest BCUT2D eigenvalue weighted by atomic mass is 9.93. The van der Waals surface area contributed by atoms with Gasteiger partial charge in [-0.3, -0.25) is 4.79 Å². The van der Waals surface area contributed by atoms with Crippen molar-refractivity contribution in [3.63, 3.8) is 0 Å². The molecule has 1 aromatic carbocycles. The number of aliphatic hydroxyl groups is 2. The molecule has 0 unspecified atom stereocenters. The number of hydrogen-bond acceptors (Lipinski definition) is 4. The Bertz CT molecular complexity index is 884. The van der Waals surface area contributed by atoms with E-state index in [9.17, 15) is 18.4 Å². The monoisotopic (exact) mass is 497 g/mol. The van der Waals surface area contributed by atoms with Crippen LogP contribution in [0.2, 0.25) is 5.02 Å². The quantitative estimate of drug-likeness (QED) is 0.231. The van der Waals surface area contributed by atoms with Gasteiger partial charge in [0.05, 0.1) is 5.60 Å². The predicted octanol–water partition coefficient (Wildman–Crippen LogP) is 5.33. The van der Waals surface area contributed by atoms with E-state index in [0.717, 1.165) is 19.2 Å². The third-order valence-corrected chi connectivity index (χ3v) is 3.88. The van der Waals surface area contributed by atoms with Crippen molar-refractivity contribution < 1.29 is 28.6 Å². The van der Waals surface area contributed by atoms with Crippen LogP contribution in [0.4, 0.5) is 8.78 Å². The summed E-state index contributed by atoms with van der Waals surface area (Å²) in [6.45, 7) is 13.8. The molecule has 0 saturated heterocycles. The number of aliphatic hydroxyl groups excluding tert-OH is 1. The maximum absolute atomic E-state index is 14.0. The van der Waals surface area contributed by atoms with Crippen molar-refractivity contribution >= 4 is 29.4 Å². The molecule has 1 rings (SSSR count). The molecule has 34 heavy (non-hydrogen) atoms. The Labute approximate surface area is 206 Å². The van der Waals surface area contributed by atoms with Crippen LogP contribution in [0.1, 0.15) is 39.7 Å². The van der Waals surface area contributed by atoms with Crippen LogP contribution in [0.25, 0.3) is 5.57 Å². The van der Waals surface area contributed by atoms with Crippen LogP contribution in [0.3, 0.4) is 0 Å². The minimum atomic E-state index is -0.952. The van der Waals surface area contributed by atoms with Crippen molar-refractivity contribution in [3.8, 4) is 12.8 Å². The molecule has 0 aromatic heterocycles. The zero-order valence-corrected chi connectivity index (χ0v) is 21.3. The Morgan fingerprint density at radius 2 is 1.59 bits per heavy atom. The topological polar surface area (TPSA) is 77.8 Å². The molecule has 0 heterocycles. The fraction of sp³-hybridized carbons (Fsp3) is 0.308. The lowest BCUT2D eigenvalue weighted by Gasteiger charge is -2.23. The SMILES string of the molecule is C#C.C=C/C=C(C=C)/C(=C(/CC=O)N(C)C(C)=O)c1cc(F)c(Cl)c(F)c1.CC(C)(C)O.CO. The minimum Gasteiger partial charge on any atom is -0.400 e. The Hall–Kier alpha value is -3.05. The first kappa shape index (κ1) is 35.5. The summed E-state index contributed by atoms with van der Waals surface area (Å²) >= 11 is 5.54. The van der Waals surface area contributed by atoms with Gasteiger partial charge in [-0.2, -0.15) is 0 Å². The number of allylic oxidation sites excluding steroid dienone is 6. The van der Waals surface area contributed by atoms with E-state index in [1.807, 2.05) is 0 Å². The number of hydrogen-bond donors (Lipinski definition) is 2. The molecule has 2 N–H and O–H groups in total. The van der Waals surface area contributed by atoms with E-state index >= 15 is 0 Å². The van der Waals surface area contributed by atoms with Crippen molar-refractivity contribution in [1.29, 1.82) is 0 Å². The minimum absolute atomic E-state index is 0.123. The van der Waals surface area contributed by atoms with E-state index in [-0.39, 0.29) is 29.2 Å². The Morgan fingerprint density at radius 1 is 1.18 bits per heavy atom. The molecule has 0 radical (unpaired) electrons. The number of carbonyl (C=O) groups excluding carboxylic acids is 2. The van der Waals surface area contributed by atoms with Gasteiger partial charge in [-0.05, 0) is 44.0 Å². The second kappa shape index (κ2) is 18.4. The van der Waals surface area contributed by atoms with E-state index in [0.29, 0.717) is 11.9 Å². The lowest BCUT2D eigenvalue weighted by molar-refractivity contribution is -0.125. The normalized spacial score (nSPS) is 11.0. The molecule has 0 atom stereocenters. The predicted molar refractivity (Wildman–Crippen MR) is 136 cm³/mol. The fourth-order valence-corrected chi connectivity index (χ4v) is 2.36. The van der Waals surface area contributed by atoms with Crippen LogP contribution in [0.5, 0.6) is 0 Å². The first-order valence-corrected chi connectivity index (χ1v) is 10.2. The van der Waals surface area contributed by atoms with E-state index < -0.39 is 22.3 Å². The average molecular weight is 498 g/mol. The van der Waals surface area contributed by atoms with Crippen molar-refractivity contribution in [2.24, 2.45) is 0 Å². The van der Waals surface area contributed by atoms with Gasteiger partial charge in [-0.15, -0.1) is 12.8 Å². The number of aldehydes is 1. The van der Waals surface area contributed by atoms with Gasteiger partial charge in [-0.25, -0.2) is 8.78 Å². The van der Waals surface area contributed by atoms with Gasteiger partial charge in [0.1, 0.15) is 22.9 Å². The number of rotatable bonds is 7. The van der Waals surface area contributed by atoms with Crippen molar-refractivity contribution in [1.82, 2.24) is 4.90 Å². The first-order chi connectivity index (χ1) is 15.8. The first-order valence-electron chi connectivity index (χ1n) is 9.80. The van der Waals surface area contributed by atoms with Gasteiger partial charge < -0.3 is 19.9 Å². The number of terminal acetylenes is 1. The molecule has 5 nitrogen and oxygen atoms in total. The number of benzene rings is 1. The molecule has 188 valence electrons. The van der Waals surface area contributed by atoms with Gasteiger partial charge in [0, 0.05) is 38.8 Å². The van der Waals surface area contributed by atoms with E-state index in [1.54, 1.807) is 26.8 Å². The zero-order chi connectivity index (χ0) is 27.6. The highest BCUT2D eigenvalue weighted by atomic mass is 35.5. The summed E-state index contributed by atoms with van der Waals surface area (Å²) in [6.07, 6.45) is 12.9. The summed E-state index contributed by atoms with van der Waals surface area (Å²) in [4.78, 5) is 24.2. The van der Waals surface area contributed by atoms with Gasteiger partial charge in [0.2, 0.25) is 5.91 Å². The number of halogens is 3. The fourth-order valence-electron chi connectivity index (χ4n) is 2.26. The van der Waals surface area contributed by atoms with Crippen LogP contribution in [0.15, 0.2) is 54.8 Å². The zero-order valence-electron chi connectivity index (χ0n) is 20.5. The second-order valence-electron chi connectivity index (χ2n) is 7.26. The van der Waals surface area contributed by atoms with Crippen molar-refractivity contribution in [3.05, 3.63) is 77.0 Å². The summed E-state index contributed by atoms with van der Waals surface area (Å²) in [5, 5.41) is 14.9.